The Balaban J connectivity index is 0.00000200. The number of ether oxygens (including phenoxy) is 1. The molecule has 1 aromatic rings. The van der Waals surface area contributed by atoms with Gasteiger partial charge in [0.05, 0.1) is 0 Å². The molecule has 1 fully saturated rings. The first-order valence-corrected chi connectivity index (χ1v) is 6.94. The van der Waals surface area contributed by atoms with Crippen LogP contribution in [0.4, 0.5) is 8.78 Å². The number of thiophene rings is 1. The van der Waals surface area contributed by atoms with Crippen molar-refractivity contribution in [2.24, 2.45) is 0 Å². The first-order chi connectivity index (χ1) is 9.06. The lowest BCUT2D eigenvalue weighted by Gasteiger charge is -2.23. The van der Waals surface area contributed by atoms with Gasteiger partial charge in [0.2, 0.25) is 0 Å². The minimum Gasteiger partial charge on any atom is -0.433 e. The Morgan fingerprint density at radius 2 is 2.35 bits per heavy atom. The summed E-state index contributed by atoms with van der Waals surface area (Å²) in [5.74, 6) is -0.388. The molecule has 0 bridgehead atoms. The molecular weight excluding hydrogens is 310 g/mol. The number of halogens is 3. The van der Waals surface area contributed by atoms with Crippen LogP contribution in [0.2, 0.25) is 0 Å². The molecule has 4 nitrogen and oxygen atoms in total. The summed E-state index contributed by atoms with van der Waals surface area (Å²) in [7, 11) is 0. The third-order valence-electron chi connectivity index (χ3n) is 2.88. The van der Waals surface area contributed by atoms with Crippen LogP contribution in [-0.4, -0.2) is 31.7 Å². The van der Waals surface area contributed by atoms with Crippen molar-refractivity contribution in [1.29, 1.82) is 0 Å². The summed E-state index contributed by atoms with van der Waals surface area (Å²) in [5.41, 5.74) is 0. The number of alkyl halides is 2. The first kappa shape index (κ1) is 17.1. The molecule has 0 aromatic carbocycles. The minimum absolute atomic E-state index is 0. The van der Waals surface area contributed by atoms with Gasteiger partial charge >= 0.3 is 6.61 Å². The number of nitrogens with one attached hydrogen (secondary N) is 2. The summed E-state index contributed by atoms with van der Waals surface area (Å²) in [6.07, 6.45) is 1.89. The van der Waals surface area contributed by atoms with E-state index in [1.807, 2.05) is 0 Å². The minimum atomic E-state index is -2.92. The zero-order valence-corrected chi connectivity index (χ0v) is 12.6. The second kappa shape index (κ2) is 7.75. The quantitative estimate of drug-likeness (QED) is 0.894. The van der Waals surface area contributed by atoms with E-state index in [1.165, 1.54) is 6.07 Å². The fourth-order valence-electron chi connectivity index (χ4n) is 2.06. The zero-order valence-electron chi connectivity index (χ0n) is 10.9. The summed E-state index contributed by atoms with van der Waals surface area (Å²) in [5, 5.41) is 6.03. The highest BCUT2D eigenvalue weighted by Crippen LogP contribution is 2.30. The maximum Gasteiger partial charge on any atom is 0.387 e. The van der Waals surface area contributed by atoms with Gasteiger partial charge in [-0.2, -0.15) is 8.78 Å². The van der Waals surface area contributed by atoms with Crippen LogP contribution in [0.3, 0.4) is 0 Å². The topological polar surface area (TPSA) is 50.4 Å². The third kappa shape index (κ3) is 4.57. The van der Waals surface area contributed by atoms with Gasteiger partial charge in [-0.15, -0.1) is 23.7 Å². The average Bonchev–Trinajstić information content (AvgIpc) is 2.70. The third-order valence-corrected chi connectivity index (χ3v) is 3.91. The number of rotatable bonds is 4. The van der Waals surface area contributed by atoms with Crippen LogP contribution in [0.1, 0.15) is 27.4 Å². The molecule has 0 spiro atoms. The van der Waals surface area contributed by atoms with E-state index in [0.29, 0.717) is 6.54 Å². The van der Waals surface area contributed by atoms with Gasteiger partial charge in [-0.3, -0.25) is 4.79 Å². The van der Waals surface area contributed by atoms with Gasteiger partial charge in [0.1, 0.15) is 10.6 Å². The number of carbonyl (C=O) groups excluding carboxylic acids is 1. The number of hydrogen-bond acceptors (Lipinski definition) is 4. The SMILES string of the molecule is Cc1cc(OC(F)F)c(C(=O)N[C@H]2CCCNC2)s1.Cl. The second-order valence-electron chi connectivity index (χ2n) is 4.45. The number of aryl methyl sites for hydroxylation is 1. The van der Waals surface area contributed by atoms with E-state index in [-0.39, 0.29) is 35.0 Å². The maximum atomic E-state index is 12.3. The molecule has 1 aromatic heterocycles. The standard InChI is InChI=1S/C12H16F2N2O2S.ClH/c1-7-5-9(18-12(13)14)10(19-7)11(17)16-8-3-2-4-15-6-8;/h5,8,12,15H,2-4,6H2,1H3,(H,16,17);1H/t8-;/m0./s1. The fourth-order valence-corrected chi connectivity index (χ4v) is 2.91. The molecule has 2 N–H and O–H groups in total. The van der Waals surface area contributed by atoms with E-state index in [0.717, 1.165) is 35.6 Å². The van der Waals surface area contributed by atoms with Crippen molar-refractivity contribution in [1.82, 2.24) is 10.6 Å². The number of carbonyl (C=O) groups is 1. The Morgan fingerprint density at radius 3 is 2.95 bits per heavy atom. The highest BCUT2D eigenvalue weighted by molar-refractivity contribution is 7.14. The second-order valence-corrected chi connectivity index (χ2v) is 5.70. The summed E-state index contributed by atoms with van der Waals surface area (Å²) >= 11 is 1.16. The molecule has 1 amide bonds. The van der Waals surface area contributed by atoms with Crippen molar-refractivity contribution in [3.63, 3.8) is 0 Å². The number of piperidine rings is 1. The largest absolute Gasteiger partial charge is 0.433 e. The Bertz CT molecular complexity index is 451. The Morgan fingerprint density at radius 1 is 1.60 bits per heavy atom. The van der Waals surface area contributed by atoms with Crippen molar-refractivity contribution < 1.29 is 18.3 Å². The van der Waals surface area contributed by atoms with Crippen LogP contribution in [0.25, 0.3) is 0 Å². The van der Waals surface area contributed by atoms with Crippen LogP contribution in [0.15, 0.2) is 6.07 Å². The molecular formula is C12H17ClF2N2O2S. The highest BCUT2D eigenvalue weighted by Gasteiger charge is 2.22. The lowest BCUT2D eigenvalue weighted by atomic mass is 10.1. The van der Waals surface area contributed by atoms with Crippen molar-refractivity contribution in [2.45, 2.75) is 32.4 Å². The van der Waals surface area contributed by atoms with Crippen molar-refractivity contribution in [3.8, 4) is 5.75 Å². The molecule has 0 unspecified atom stereocenters. The van der Waals surface area contributed by atoms with E-state index in [2.05, 4.69) is 15.4 Å². The van der Waals surface area contributed by atoms with E-state index in [9.17, 15) is 13.6 Å². The Hall–Kier alpha value is -0.920. The summed E-state index contributed by atoms with van der Waals surface area (Å²) in [6, 6.07) is 1.51. The maximum absolute atomic E-state index is 12.3. The van der Waals surface area contributed by atoms with Gasteiger partial charge in [0.25, 0.3) is 5.91 Å². The molecule has 0 radical (unpaired) electrons. The van der Waals surface area contributed by atoms with Gasteiger partial charge in [-0.1, -0.05) is 0 Å². The molecule has 1 saturated heterocycles. The lowest BCUT2D eigenvalue weighted by molar-refractivity contribution is -0.0498. The Kier molecular flexibility index (Phi) is 6.64. The van der Waals surface area contributed by atoms with Gasteiger partial charge < -0.3 is 15.4 Å². The van der Waals surface area contributed by atoms with E-state index >= 15 is 0 Å². The highest BCUT2D eigenvalue weighted by atomic mass is 35.5. The molecule has 8 heteroatoms. The van der Waals surface area contributed by atoms with Gasteiger partial charge in [-0.25, -0.2) is 0 Å². The first-order valence-electron chi connectivity index (χ1n) is 6.13. The molecule has 1 aliphatic rings. The number of amides is 1. The molecule has 20 heavy (non-hydrogen) atoms. The molecule has 0 aliphatic carbocycles. The van der Waals surface area contributed by atoms with Crippen molar-refractivity contribution in [3.05, 3.63) is 15.8 Å². The van der Waals surface area contributed by atoms with Crippen LogP contribution >= 0.6 is 23.7 Å². The summed E-state index contributed by atoms with van der Waals surface area (Å²) < 4.78 is 28.9. The number of hydrogen-bond donors (Lipinski definition) is 2. The summed E-state index contributed by atoms with van der Waals surface area (Å²) in [4.78, 5) is 13.1. The smallest absolute Gasteiger partial charge is 0.387 e. The zero-order chi connectivity index (χ0) is 13.8. The van der Waals surface area contributed by atoms with Crippen LogP contribution in [0, 0.1) is 6.92 Å². The van der Waals surface area contributed by atoms with Crippen LogP contribution < -0.4 is 15.4 Å². The fraction of sp³-hybridized carbons (Fsp3) is 0.583. The Labute approximate surface area is 126 Å². The monoisotopic (exact) mass is 326 g/mol. The van der Waals surface area contributed by atoms with Crippen LogP contribution in [0.5, 0.6) is 5.75 Å². The molecule has 1 aliphatic heterocycles. The molecule has 0 saturated carbocycles. The predicted molar refractivity (Wildman–Crippen MR) is 76.3 cm³/mol. The molecule has 2 rings (SSSR count). The molecule has 2 heterocycles. The van der Waals surface area contributed by atoms with Crippen molar-refractivity contribution >= 4 is 29.7 Å². The van der Waals surface area contributed by atoms with Gasteiger partial charge in [0, 0.05) is 17.5 Å². The predicted octanol–water partition coefficient (Wildman–Crippen LogP) is 2.56. The molecule has 114 valence electrons. The molecule has 1 atom stereocenters. The van der Waals surface area contributed by atoms with E-state index in [4.69, 9.17) is 0 Å². The van der Waals surface area contributed by atoms with E-state index < -0.39 is 6.61 Å². The van der Waals surface area contributed by atoms with Crippen molar-refractivity contribution in [2.75, 3.05) is 13.1 Å². The van der Waals surface area contributed by atoms with E-state index in [1.54, 1.807) is 6.92 Å². The normalized spacial score (nSPS) is 18.5. The van der Waals surface area contributed by atoms with Gasteiger partial charge in [-0.05, 0) is 32.4 Å². The summed E-state index contributed by atoms with van der Waals surface area (Å²) in [6.45, 7) is 0.490. The van der Waals surface area contributed by atoms with Crippen LogP contribution in [-0.2, 0) is 0 Å². The van der Waals surface area contributed by atoms with Gasteiger partial charge in [0.15, 0.2) is 0 Å². The average molecular weight is 327 g/mol. The lowest BCUT2D eigenvalue weighted by Crippen LogP contribution is -2.45.